The van der Waals surface area contributed by atoms with Crippen molar-refractivity contribution in [1.82, 2.24) is 23.6 Å². The van der Waals surface area contributed by atoms with Crippen molar-refractivity contribution in [3.8, 4) is 0 Å². The SMILES string of the molecule is C=CC(=O)Nc1cc(C(=O)Nc2cc(C(=O)Nc3cc(C(=O)Nc4cc(C(=O)NCCC(=N)N)n(C)c4)n(C)c3)n(C)c2)n(C)c1.Cl. The van der Waals surface area contributed by atoms with E-state index in [9.17, 15) is 24.0 Å². The molecule has 0 atom stereocenters. The number of carbonyl (C=O) groups excluding carboxylic acids is 5. The second kappa shape index (κ2) is 14.8. The van der Waals surface area contributed by atoms with Gasteiger partial charge < -0.3 is 50.6 Å². The van der Waals surface area contributed by atoms with Crippen LogP contribution in [0.25, 0.3) is 0 Å². The Bertz CT molecular complexity index is 1880. The number of nitrogens with zero attached hydrogens (tertiary/aromatic N) is 4. The number of hydrogen-bond acceptors (Lipinski definition) is 6. The molecule has 0 spiro atoms. The largest absolute Gasteiger partial charge is 0.388 e. The monoisotopic (exact) mass is 665 g/mol. The Kier molecular flexibility index (Phi) is 11.2. The summed E-state index contributed by atoms with van der Waals surface area (Å²) in [6.45, 7) is 3.62. The predicted molar refractivity (Wildman–Crippen MR) is 180 cm³/mol. The molecule has 0 aliphatic carbocycles. The number of aromatic nitrogens is 4. The van der Waals surface area contributed by atoms with Gasteiger partial charge in [0.2, 0.25) is 5.91 Å². The lowest BCUT2D eigenvalue weighted by atomic mass is 10.3. The molecule has 5 amide bonds. The van der Waals surface area contributed by atoms with E-state index in [1.807, 2.05) is 0 Å². The standard InChI is InChI=1S/C30H35N11O5.ClH/c1-6-26(42)34-17-9-22(39(3)13-17)28(44)36-19-11-24(41(5)15-19)30(46)37-20-12-23(40(4)16-20)29(45)35-18-10-21(38(2)14-18)27(43)33-8-7-25(31)32;/h6,9-16H,1,7-8H2,2-5H3,(H3,31,32)(H,33,43)(H,34,42)(H,35,45)(H,36,44)(H,37,46);1H. The van der Waals surface area contributed by atoms with Crippen molar-refractivity contribution in [2.75, 3.05) is 27.8 Å². The lowest BCUT2D eigenvalue weighted by Gasteiger charge is -2.04. The second-order valence-corrected chi connectivity index (χ2v) is 10.5. The topological polar surface area (TPSA) is 215 Å². The van der Waals surface area contributed by atoms with Crippen LogP contribution in [-0.2, 0) is 33.0 Å². The van der Waals surface area contributed by atoms with Gasteiger partial charge in [-0.1, -0.05) is 6.58 Å². The van der Waals surface area contributed by atoms with E-state index in [0.29, 0.717) is 28.4 Å². The Labute approximate surface area is 275 Å². The van der Waals surface area contributed by atoms with E-state index in [1.54, 1.807) is 71.2 Å². The molecular weight excluding hydrogens is 630 g/mol. The summed E-state index contributed by atoms with van der Waals surface area (Å²) in [5, 5.41) is 20.8. The first-order valence-corrected chi connectivity index (χ1v) is 13.9. The smallest absolute Gasteiger partial charge is 0.272 e. The van der Waals surface area contributed by atoms with Gasteiger partial charge >= 0.3 is 0 Å². The van der Waals surface area contributed by atoms with E-state index in [1.165, 1.54) is 24.3 Å². The minimum Gasteiger partial charge on any atom is -0.388 e. The quantitative estimate of drug-likeness (QED) is 0.0685. The first-order chi connectivity index (χ1) is 21.7. The van der Waals surface area contributed by atoms with Crippen molar-refractivity contribution in [2.24, 2.45) is 33.9 Å². The number of anilines is 4. The van der Waals surface area contributed by atoms with E-state index in [4.69, 9.17) is 11.1 Å². The Morgan fingerprint density at radius 3 is 1.30 bits per heavy atom. The molecule has 4 heterocycles. The fraction of sp³-hybridized carbons (Fsp3) is 0.200. The third-order valence-corrected chi connectivity index (χ3v) is 6.86. The summed E-state index contributed by atoms with van der Waals surface area (Å²) in [6, 6.07) is 6.06. The molecule has 0 saturated carbocycles. The van der Waals surface area contributed by atoms with E-state index in [0.717, 1.165) is 6.08 Å². The van der Waals surface area contributed by atoms with Gasteiger partial charge in [0.05, 0.1) is 28.6 Å². The summed E-state index contributed by atoms with van der Waals surface area (Å²) in [5.41, 5.74) is 7.96. The fourth-order valence-corrected chi connectivity index (χ4v) is 4.61. The van der Waals surface area contributed by atoms with Gasteiger partial charge in [0.15, 0.2) is 0 Å². The summed E-state index contributed by atoms with van der Waals surface area (Å²) in [7, 11) is 6.62. The van der Waals surface area contributed by atoms with Crippen molar-refractivity contribution < 1.29 is 24.0 Å². The average Bonchev–Trinajstić information content (AvgIpc) is 3.73. The summed E-state index contributed by atoms with van der Waals surface area (Å²) < 4.78 is 6.21. The zero-order valence-electron chi connectivity index (χ0n) is 26.1. The van der Waals surface area contributed by atoms with Crippen LogP contribution in [0.5, 0.6) is 0 Å². The number of carbonyl (C=O) groups is 5. The molecule has 4 aromatic heterocycles. The molecule has 0 aliphatic heterocycles. The molecule has 4 rings (SSSR count). The van der Waals surface area contributed by atoms with Crippen LogP contribution in [0.1, 0.15) is 48.4 Å². The summed E-state index contributed by atoms with van der Waals surface area (Å²) >= 11 is 0. The lowest BCUT2D eigenvalue weighted by Crippen LogP contribution is -2.28. The lowest BCUT2D eigenvalue weighted by molar-refractivity contribution is -0.111. The number of amidine groups is 1. The highest BCUT2D eigenvalue weighted by molar-refractivity contribution is 6.09. The van der Waals surface area contributed by atoms with Gasteiger partial charge in [-0.3, -0.25) is 29.4 Å². The second-order valence-electron chi connectivity index (χ2n) is 10.5. The molecule has 0 unspecified atom stereocenters. The highest BCUT2D eigenvalue weighted by Crippen LogP contribution is 2.21. The van der Waals surface area contributed by atoms with Crippen molar-refractivity contribution >= 4 is 70.5 Å². The molecule has 4 aromatic rings. The molecule has 0 saturated heterocycles. The number of nitrogens with two attached hydrogens (primary N) is 1. The van der Waals surface area contributed by atoms with Gasteiger partial charge in [-0.15, -0.1) is 12.4 Å². The third kappa shape index (κ3) is 8.58. The minimum absolute atomic E-state index is 0. The average molecular weight is 666 g/mol. The molecule has 17 heteroatoms. The van der Waals surface area contributed by atoms with Gasteiger partial charge in [-0.05, 0) is 30.3 Å². The maximum Gasteiger partial charge on any atom is 0.272 e. The molecule has 47 heavy (non-hydrogen) atoms. The van der Waals surface area contributed by atoms with Crippen LogP contribution in [0.4, 0.5) is 22.7 Å². The Hall–Kier alpha value is -6.03. The number of halogens is 1. The zero-order chi connectivity index (χ0) is 33.7. The first kappa shape index (κ1) is 35.4. The molecule has 248 valence electrons. The molecule has 16 nitrogen and oxygen atoms in total. The predicted octanol–water partition coefficient (Wildman–Crippen LogP) is 2.40. The van der Waals surface area contributed by atoms with E-state index < -0.39 is 23.6 Å². The Balaban J connectivity index is 0.00000600. The Morgan fingerprint density at radius 1 is 0.660 bits per heavy atom. The fourth-order valence-electron chi connectivity index (χ4n) is 4.61. The zero-order valence-corrected chi connectivity index (χ0v) is 26.9. The van der Waals surface area contributed by atoms with Crippen LogP contribution in [0.3, 0.4) is 0 Å². The minimum atomic E-state index is -0.475. The molecule has 0 bridgehead atoms. The van der Waals surface area contributed by atoms with Crippen molar-refractivity contribution in [2.45, 2.75) is 6.42 Å². The molecule has 0 aliphatic rings. The van der Waals surface area contributed by atoms with Crippen LogP contribution >= 0.6 is 12.4 Å². The molecule has 0 fully saturated rings. The summed E-state index contributed by atoms with van der Waals surface area (Å²) in [6.07, 6.45) is 7.69. The number of amides is 5. The molecular formula is C30H36ClN11O5. The molecule has 0 radical (unpaired) electrons. The maximum absolute atomic E-state index is 13.1. The first-order valence-electron chi connectivity index (χ1n) is 13.9. The highest BCUT2D eigenvalue weighted by Gasteiger charge is 2.20. The van der Waals surface area contributed by atoms with Crippen LogP contribution in [0, 0.1) is 5.41 Å². The number of hydrogen-bond donors (Lipinski definition) is 7. The van der Waals surface area contributed by atoms with Gasteiger partial charge in [-0.2, -0.15) is 0 Å². The highest BCUT2D eigenvalue weighted by atomic mass is 35.5. The normalized spacial score (nSPS) is 10.4. The van der Waals surface area contributed by atoms with Crippen LogP contribution in [-0.4, -0.2) is 60.2 Å². The van der Waals surface area contributed by atoms with Crippen LogP contribution < -0.4 is 32.3 Å². The van der Waals surface area contributed by atoms with E-state index in [-0.39, 0.29) is 54.2 Å². The van der Waals surface area contributed by atoms with Gasteiger partial charge in [0.25, 0.3) is 23.6 Å². The molecule has 0 aromatic carbocycles. The molecule has 8 N–H and O–H groups in total. The van der Waals surface area contributed by atoms with E-state index in [2.05, 4.69) is 33.2 Å². The third-order valence-electron chi connectivity index (χ3n) is 6.86. The number of aryl methyl sites for hydroxylation is 4. The number of rotatable bonds is 12. The summed E-state index contributed by atoms with van der Waals surface area (Å²) in [5.74, 6) is -2.20. The van der Waals surface area contributed by atoms with Crippen molar-refractivity contribution in [3.05, 3.63) is 84.5 Å². The van der Waals surface area contributed by atoms with Crippen molar-refractivity contribution in [3.63, 3.8) is 0 Å². The van der Waals surface area contributed by atoms with Crippen molar-refractivity contribution in [1.29, 1.82) is 5.41 Å². The Morgan fingerprint density at radius 2 is 0.979 bits per heavy atom. The van der Waals surface area contributed by atoms with Gasteiger partial charge in [0, 0.05) is 65.9 Å². The van der Waals surface area contributed by atoms with Gasteiger partial charge in [0.1, 0.15) is 22.8 Å². The maximum atomic E-state index is 13.1. The van der Waals surface area contributed by atoms with Crippen LogP contribution in [0.15, 0.2) is 61.7 Å². The van der Waals surface area contributed by atoms with E-state index >= 15 is 0 Å². The van der Waals surface area contributed by atoms with Gasteiger partial charge in [-0.25, -0.2) is 0 Å². The number of nitrogens with one attached hydrogen (secondary N) is 6. The summed E-state index contributed by atoms with van der Waals surface area (Å²) in [4.78, 5) is 63.1. The van der Waals surface area contributed by atoms with Crippen LogP contribution in [0.2, 0.25) is 0 Å².